The molecule has 9 nitrogen and oxygen atoms in total. The van der Waals surface area contributed by atoms with Crippen LogP contribution in [-0.4, -0.2) is 64.0 Å². The molecule has 2 unspecified atom stereocenters. The summed E-state index contributed by atoms with van der Waals surface area (Å²) in [4.78, 5) is 25.3. The molecule has 2 atom stereocenters. The van der Waals surface area contributed by atoms with Gasteiger partial charge >= 0.3 is 0 Å². The van der Waals surface area contributed by atoms with Crippen LogP contribution in [0.15, 0.2) is 5.16 Å². The monoisotopic (exact) mass is 346 g/mol. The Morgan fingerprint density at radius 3 is 2.41 bits per heavy atom. The summed E-state index contributed by atoms with van der Waals surface area (Å²) in [6.45, 7) is 1.70. The number of hydrogen-bond acceptors (Lipinski definition) is 9. The van der Waals surface area contributed by atoms with Crippen LogP contribution in [0.25, 0.3) is 0 Å². The highest BCUT2D eigenvalue weighted by Gasteiger charge is 2.34. The lowest BCUT2D eigenvalue weighted by Gasteiger charge is -2.26. The average Bonchev–Trinajstić information content (AvgIpc) is 2.76. The molecule has 4 N–H and O–H groups in total. The summed E-state index contributed by atoms with van der Waals surface area (Å²) in [5, 5.41) is -0.229. The molecule has 1 fully saturated rings. The van der Waals surface area contributed by atoms with Crippen molar-refractivity contribution in [2.45, 2.75) is 29.8 Å². The average molecular weight is 346 g/mol. The van der Waals surface area contributed by atoms with Gasteiger partial charge in [-0.25, -0.2) is 8.42 Å². The molecule has 0 aromatic carbocycles. The molecule has 1 aromatic rings. The molecule has 122 valence electrons. The van der Waals surface area contributed by atoms with E-state index in [4.69, 9.17) is 11.5 Å². The molecule has 11 heteroatoms. The molecule has 0 radical (unpaired) electrons. The zero-order valence-corrected chi connectivity index (χ0v) is 13.9. The summed E-state index contributed by atoms with van der Waals surface area (Å²) in [5.41, 5.74) is 11.0. The second kappa shape index (κ2) is 6.24. The van der Waals surface area contributed by atoms with Gasteiger partial charge in [0.1, 0.15) is 0 Å². The van der Waals surface area contributed by atoms with Crippen molar-refractivity contribution in [2.75, 3.05) is 30.0 Å². The van der Waals surface area contributed by atoms with Crippen LogP contribution in [0.1, 0.15) is 13.3 Å². The van der Waals surface area contributed by atoms with Crippen molar-refractivity contribution in [2.24, 2.45) is 0 Å². The quantitative estimate of drug-likeness (QED) is 0.666. The Kier molecular flexibility index (Phi) is 4.75. The van der Waals surface area contributed by atoms with E-state index in [0.29, 0.717) is 6.42 Å². The van der Waals surface area contributed by atoms with Crippen LogP contribution in [-0.2, 0) is 14.6 Å². The van der Waals surface area contributed by atoms with Crippen molar-refractivity contribution >= 4 is 39.4 Å². The minimum Gasteiger partial charge on any atom is -0.368 e. The van der Waals surface area contributed by atoms with Crippen molar-refractivity contribution in [1.29, 1.82) is 0 Å². The molecule has 0 saturated carbocycles. The number of anilines is 2. The van der Waals surface area contributed by atoms with Gasteiger partial charge < -0.3 is 16.4 Å². The first-order valence-electron chi connectivity index (χ1n) is 6.59. The van der Waals surface area contributed by atoms with Crippen LogP contribution in [0.5, 0.6) is 0 Å². The number of nitrogens with two attached hydrogens (primary N) is 2. The lowest BCUT2D eigenvalue weighted by Crippen LogP contribution is -2.41. The summed E-state index contributed by atoms with van der Waals surface area (Å²) in [6.07, 6.45) is 0.466. The van der Waals surface area contributed by atoms with Gasteiger partial charge in [0.05, 0.1) is 16.8 Å². The molecule has 2 rings (SSSR count). The van der Waals surface area contributed by atoms with Gasteiger partial charge in [0, 0.05) is 13.1 Å². The first-order chi connectivity index (χ1) is 10.2. The highest BCUT2D eigenvalue weighted by molar-refractivity contribution is 8.00. The van der Waals surface area contributed by atoms with E-state index in [2.05, 4.69) is 15.0 Å². The Bertz CT molecular complexity index is 660. The molecule has 1 aliphatic heterocycles. The van der Waals surface area contributed by atoms with E-state index in [1.807, 2.05) is 0 Å². The van der Waals surface area contributed by atoms with Crippen molar-refractivity contribution in [3.8, 4) is 0 Å². The number of nitrogen functional groups attached to an aromatic ring is 2. The van der Waals surface area contributed by atoms with Crippen molar-refractivity contribution in [3.63, 3.8) is 0 Å². The van der Waals surface area contributed by atoms with Gasteiger partial charge in [0.25, 0.3) is 0 Å². The van der Waals surface area contributed by atoms with E-state index >= 15 is 0 Å². The van der Waals surface area contributed by atoms with E-state index in [1.165, 1.54) is 4.90 Å². The number of carbonyl (C=O) groups is 1. The smallest absolute Gasteiger partial charge is 0.235 e. The zero-order chi connectivity index (χ0) is 16.5. The topological polar surface area (TPSA) is 145 Å². The third-order valence-electron chi connectivity index (χ3n) is 3.38. The zero-order valence-electron chi connectivity index (χ0n) is 12.3. The summed E-state index contributed by atoms with van der Waals surface area (Å²) < 4.78 is 23.0. The van der Waals surface area contributed by atoms with Gasteiger partial charge in [-0.15, -0.1) is 0 Å². The van der Waals surface area contributed by atoms with E-state index in [0.717, 1.165) is 11.8 Å². The molecule has 1 aromatic heterocycles. The van der Waals surface area contributed by atoms with E-state index < -0.39 is 15.1 Å². The van der Waals surface area contributed by atoms with Gasteiger partial charge in [0.15, 0.2) is 15.0 Å². The molecule has 0 spiro atoms. The van der Waals surface area contributed by atoms with Crippen molar-refractivity contribution in [3.05, 3.63) is 0 Å². The van der Waals surface area contributed by atoms with E-state index in [-0.39, 0.29) is 40.5 Å². The first-order valence-corrected chi connectivity index (χ1v) is 9.29. The van der Waals surface area contributed by atoms with Crippen LogP contribution in [0, 0.1) is 0 Å². The van der Waals surface area contributed by atoms with Crippen LogP contribution in [0.2, 0.25) is 0 Å². The van der Waals surface area contributed by atoms with Gasteiger partial charge in [-0.05, 0) is 13.3 Å². The Labute approximate surface area is 132 Å². The SMILES string of the molecule is CC(Sc1nc(N)nc(N)n1)C(=O)N(C)C1CCS(=O)(=O)C1. The van der Waals surface area contributed by atoms with Gasteiger partial charge in [-0.2, -0.15) is 15.0 Å². The molecule has 1 amide bonds. The fraction of sp³-hybridized carbons (Fsp3) is 0.636. The molecular formula is C11H18N6O3S2. The minimum atomic E-state index is -3.04. The third-order valence-corrected chi connectivity index (χ3v) is 6.08. The Balaban J connectivity index is 2.02. The summed E-state index contributed by atoms with van der Waals surface area (Å²) in [6, 6.07) is -0.283. The number of sulfone groups is 1. The standard InChI is InChI=1S/C11H18N6O3S2/c1-6(21-11-15-9(12)14-10(13)16-11)8(18)17(2)7-3-4-22(19,20)5-7/h6-7H,3-5H2,1-2H3,(H4,12,13,14,15,16). The van der Waals surface area contributed by atoms with Gasteiger partial charge in [-0.1, -0.05) is 11.8 Å². The number of amides is 1. The largest absolute Gasteiger partial charge is 0.368 e. The van der Waals surface area contributed by atoms with Crippen LogP contribution in [0.3, 0.4) is 0 Å². The number of thioether (sulfide) groups is 1. The lowest BCUT2D eigenvalue weighted by molar-refractivity contribution is -0.130. The number of hydrogen-bond donors (Lipinski definition) is 2. The predicted molar refractivity (Wildman–Crippen MR) is 83.8 cm³/mol. The predicted octanol–water partition coefficient (Wildman–Crippen LogP) is -0.838. The molecule has 2 heterocycles. The van der Waals surface area contributed by atoms with E-state index in [9.17, 15) is 13.2 Å². The second-order valence-electron chi connectivity index (χ2n) is 5.10. The molecular weight excluding hydrogens is 328 g/mol. The number of rotatable bonds is 4. The minimum absolute atomic E-state index is 0.00936. The number of aromatic nitrogens is 3. The molecule has 1 saturated heterocycles. The number of carbonyl (C=O) groups excluding carboxylic acids is 1. The first kappa shape index (κ1) is 16.7. The van der Waals surface area contributed by atoms with Crippen LogP contribution < -0.4 is 11.5 Å². The normalized spacial score (nSPS) is 21.5. The Hall–Kier alpha value is -1.62. The molecule has 0 aliphatic carbocycles. The highest BCUT2D eigenvalue weighted by atomic mass is 32.2. The Morgan fingerprint density at radius 1 is 1.32 bits per heavy atom. The van der Waals surface area contributed by atoms with Crippen molar-refractivity contribution < 1.29 is 13.2 Å². The maximum atomic E-state index is 12.4. The molecule has 1 aliphatic rings. The van der Waals surface area contributed by atoms with Crippen LogP contribution >= 0.6 is 11.8 Å². The van der Waals surface area contributed by atoms with Gasteiger partial charge in [-0.3, -0.25) is 4.79 Å². The molecule has 22 heavy (non-hydrogen) atoms. The van der Waals surface area contributed by atoms with Crippen molar-refractivity contribution in [1.82, 2.24) is 19.9 Å². The maximum Gasteiger partial charge on any atom is 0.235 e. The fourth-order valence-corrected chi connectivity index (χ4v) is 4.85. The summed E-state index contributed by atoms with van der Waals surface area (Å²) in [5.74, 6) is -0.0743. The summed E-state index contributed by atoms with van der Waals surface area (Å²) in [7, 11) is -1.42. The van der Waals surface area contributed by atoms with E-state index in [1.54, 1.807) is 14.0 Å². The second-order valence-corrected chi connectivity index (χ2v) is 8.64. The third kappa shape index (κ3) is 3.97. The molecule has 0 bridgehead atoms. The van der Waals surface area contributed by atoms with Gasteiger partial charge in [0.2, 0.25) is 17.8 Å². The lowest BCUT2D eigenvalue weighted by atomic mass is 10.2. The fourth-order valence-electron chi connectivity index (χ4n) is 2.20. The maximum absolute atomic E-state index is 12.4. The van der Waals surface area contributed by atoms with Crippen LogP contribution in [0.4, 0.5) is 11.9 Å². The highest BCUT2D eigenvalue weighted by Crippen LogP contribution is 2.24. The summed E-state index contributed by atoms with van der Waals surface area (Å²) >= 11 is 1.10. The number of nitrogens with zero attached hydrogens (tertiary/aromatic N) is 4. The Morgan fingerprint density at radius 2 is 1.91 bits per heavy atom.